The van der Waals surface area contributed by atoms with Gasteiger partial charge in [-0.25, -0.2) is 0 Å². The summed E-state index contributed by atoms with van der Waals surface area (Å²) in [4.78, 5) is 24.9. The van der Waals surface area contributed by atoms with Crippen LogP contribution in [-0.4, -0.2) is 40.3 Å². The van der Waals surface area contributed by atoms with Gasteiger partial charge in [-0.3, -0.25) is 9.59 Å². The number of aliphatic hydroxyl groups excluding tert-OH is 2. The van der Waals surface area contributed by atoms with E-state index in [0.717, 1.165) is 12.0 Å². The first kappa shape index (κ1) is 22.6. The molecule has 2 N–H and O–H groups in total. The van der Waals surface area contributed by atoms with Gasteiger partial charge in [-0.05, 0) is 20.3 Å². The van der Waals surface area contributed by atoms with Gasteiger partial charge in [0.15, 0.2) is 0 Å². The highest BCUT2D eigenvalue weighted by atomic mass is 16.5. The van der Waals surface area contributed by atoms with Crippen LogP contribution in [0.15, 0.2) is 23.8 Å². The maximum atomic E-state index is 12.8. The molecule has 0 bridgehead atoms. The Labute approximate surface area is 157 Å². The van der Waals surface area contributed by atoms with Gasteiger partial charge in [0.05, 0.1) is 24.0 Å². The lowest BCUT2D eigenvalue weighted by molar-refractivity contribution is -0.154. The molecule has 0 aromatic carbocycles. The number of ketones is 1. The van der Waals surface area contributed by atoms with Crippen molar-refractivity contribution in [1.82, 2.24) is 0 Å². The number of hydrogen-bond acceptors (Lipinski definition) is 5. The molecule has 0 aliphatic carbocycles. The molecule has 26 heavy (non-hydrogen) atoms. The number of Topliss-reactive ketones (excluding diaryl/α,β-unsaturated/α-hetero) is 1. The van der Waals surface area contributed by atoms with E-state index in [1.54, 1.807) is 20.8 Å². The van der Waals surface area contributed by atoms with Crippen molar-refractivity contribution in [2.75, 3.05) is 0 Å². The monoisotopic (exact) mass is 366 g/mol. The highest BCUT2D eigenvalue weighted by Crippen LogP contribution is 2.31. The summed E-state index contributed by atoms with van der Waals surface area (Å²) in [6.07, 6.45) is 4.72. The minimum absolute atomic E-state index is 0.188. The van der Waals surface area contributed by atoms with Gasteiger partial charge in [0.25, 0.3) is 0 Å². The van der Waals surface area contributed by atoms with E-state index in [2.05, 4.69) is 0 Å². The molecule has 1 heterocycles. The van der Waals surface area contributed by atoms with Gasteiger partial charge in [-0.1, -0.05) is 51.5 Å². The zero-order valence-corrected chi connectivity index (χ0v) is 16.9. The number of esters is 1. The third kappa shape index (κ3) is 6.06. The van der Waals surface area contributed by atoms with Crippen LogP contribution in [0.1, 0.15) is 60.8 Å². The summed E-state index contributed by atoms with van der Waals surface area (Å²) in [5, 5.41) is 21.0. The number of allylic oxidation sites excluding steroid dienone is 2. The highest BCUT2D eigenvalue weighted by Gasteiger charge is 2.42. The molecule has 0 saturated carbocycles. The molecule has 0 radical (unpaired) electrons. The Kier molecular flexibility index (Phi) is 8.22. The van der Waals surface area contributed by atoms with Crippen molar-refractivity contribution in [3.63, 3.8) is 0 Å². The molecule has 0 aromatic heterocycles. The van der Waals surface area contributed by atoms with E-state index in [-0.39, 0.29) is 24.2 Å². The Balaban J connectivity index is 3.11. The fourth-order valence-electron chi connectivity index (χ4n) is 3.13. The van der Waals surface area contributed by atoms with E-state index >= 15 is 0 Å². The van der Waals surface area contributed by atoms with Crippen LogP contribution < -0.4 is 0 Å². The summed E-state index contributed by atoms with van der Waals surface area (Å²) in [5.74, 6) is -1.63. The number of hydrogen-bond donors (Lipinski definition) is 2. The predicted molar refractivity (Wildman–Crippen MR) is 101 cm³/mol. The molecule has 148 valence electrons. The van der Waals surface area contributed by atoms with Crippen molar-refractivity contribution < 1.29 is 24.5 Å². The van der Waals surface area contributed by atoms with Crippen LogP contribution in [0.5, 0.6) is 0 Å². The molecule has 5 atom stereocenters. The Morgan fingerprint density at radius 3 is 2.38 bits per heavy atom. The molecule has 1 aliphatic rings. The highest BCUT2D eigenvalue weighted by molar-refractivity contribution is 5.88. The molecular weight excluding hydrogens is 332 g/mol. The van der Waals surface area contributed by atoms with Gasteiger partial charge < -0.3 is 14.9 Å². The van der Waals surface area contributed by atoms with Gasteiger partial charge in [-0.2, -0.15) is 0 Å². The zero-order chi connectivity index (χ0) is 20.1. The van der Waals surface area contributed by atoms with Crippen LogP contribution in [0.4, 0.5) is 0 Å². The summed E-state index contributed by atoms with van der Waals surface area (Å²) in [6, 6.07) is 0. The van der Waals surface area contributed by atoms with Gasteiger partial charge in [0.1, 0.15) is 11.9 Å². The standard InChI is InChI=1S/C21H34O5/c1-13-8-7-9-14(2)19(24)16(4)20(25)21(5,6)17(22)12-18(23)26-15(3)11-10-13/h7,9-10,14-17,19,22,24H,8,11-12H2,1-6H3/b9-7+,13-10-. The molecule has 0 fully saturated rings. The van der Waals surface area contributed by atoms with Gasteiger partial charge >= 0.3 is 5.97 Å². The Hall–Kier alpha value is -1.46. The van der Waals surface area contributed by atoms with Crippen molar-refractivity contribution in [3.8, 4) is 0 Å². The maximum Gasteiger partial charge on any atom is 0.308 e. The smallest absolute Gasteiger partial charge is 0.308 e. The average molecular weight is 366 g/mol. The van der Waals surface area contributed by atoms with Crippen LogP contribution in [0, 0.1) is 17.3 Å². The first-order valence-electron chi connectivity index (χ1n) is 9.39. The molecule has 0 aromatic rings. The molecule has 0 saturated heterocycles. The van der Waals surface area contributed by atoms with E-state index in [4.69, 9.17) is 4.74 Å². The molecule has 0 amide bonds. The number of carbonyl (C=O) groups excluding carboxylic acids is 2. The predicted octanol–water partition coefficient (Wildman–Crippen LogP) is 3.19. The molecular formula is C21H34O5. The molecule has 1 rings (SSSR count). The second-order valence-corrected chi connectivity index (χ2v) is 8.16. The van der Waals surface area contributed by atoms with E-state index in [9.17, 15) is 19.8 Å². The lowest BCUT2D eigenvalue weighted by Crippen LogP contribution is -2.45. The Bertz CT molecular complexity index is 561. The summed E-state index contributed by atoms with van der Waals surface area (Å²) in [7, 11) is 0. The second kappa shape index (κ2) is 9.47. The Morgan fingerprint density at radius 1 is 1.15 bits per heavy atom. The van der Waals surface area contributed by atoms with Crippen molar-refractivity contribution in [1.29, 1.82) is 0 Å². The largest absolute Gasteiger partial charge is 0.462 e. The summed E-state index contributed by atoms with van der Waals surface area (Å²) < 4.78 is 5.34. The summed E-state index contributed by atoms with van der Waals surface area (Å²) in [5.41, 5.74) is -0.0113. The minimum Gasteiger partial charge on any atom is -0.462 e. The van der Waals surface area contributed by atoms with Crippen LogP contribution >= 0.6 is 0 Å². The topological polar surface area (TPSA) is 83.8 Å². The van der Waals surface area contributed by atoms with E-state index < -0.39 is 29.5 Å². The first-order chi connectivity index (χ1) is 12.0. The number of ether oxygens (including phenoxy) is 1. The van der Waals surface area contributed by atoms with E-state index in [1.807, 2.05) is 39.0 Å². The second-order valence-electron chi connectivity index (χ2n) is 8.16. The van der Waals surface area contributed by atoms with Gasteiger partial charge in [-0.15, -0.1) is 0 Å². The third-order valence-corrected chi connectivity index (χ3v) is 5.30. The van der Waals surface area contributed by atoms with Crippen molar-refractivity contribution in [2.24, 2.45) is 17.3 Å². The molecule has 1 aliphatic heterocycles. The fourth-order valence-corrected chi connectivity index (χ4v) is 3.13. The maximum absolute atomic E-state index is 12.8. The fraction of sp³-hybridized carbons (Fsp3) is 0.714. The third-order valence-electron chi connectivity index (χ3n) is 5.30. The quantitative estimate of drug-likeness (QED) is 0.508. The van der Waals surface area contributed by atoms with Crippen molar-refractivity contribution >= 4 is 11.8 Å². The Morgan fingerprint density at radius 2 is 1.77 bits per heavy atom. The molecule has 5 heteroatoms. The average Bonchev–Trinajstić information content (AvgIpc) is 2.56. The van der Waals surface area contributed by atoms with Crippen LogP contribution in [0.25, 0.3) is 0 Å². The van der Waals surface area contributed by atoms with Crippen LogP contribution in [0.3, 0.4) is 0 Å². The molecule has 0 spiro atoms. The lowest BCUT2D eigenvalue weighted by atomic mass is 9.73. The number of cyclic esters (lactones) is 1. The van der Waals surface area contributed by atoms with Crippen molar-refractivity contribution in [2.45, 2.75) is 79.1 Å². The lowest BCUT2D eigenvalue weighted by Gasteiger charge is -2.34. The van der Waals surface area contributed by atoms with Crippen molar-refractivity contribution in [3.05, 3.63) is 23.8 Å². The van der Waals surface area contributed by atoms with E-state index in [0.29, 0.717) is 6.42 Å². The normalized spacial score (nSPS) is 38.2. The molecule has 5 unspecified atom stereocenters. The number of carbonyl (C=O) groups is 2. The van der Waals surface area contributed by atoms with Crippen LogP contribution in [-0.2, 0) is 14.3 Å². The summed E-state index contributed by atoms with van der Waals surface area (Å²) >= 11 is 0. The van der Waals surface area contributed by atoms with Crippen LogP contribution in [0.2, 0.25) is 0 Å². The minimum atomic E-state index is -1.17. The van der Waals surface area contributed by atoms with Gasteiger partial charge in [0, 0.05) is 18.3 Å². The number of aliphatic hydroxyl groups is 2. The SMILES string of the molecule is C/C1=C/CC(C)OC(=O)CC(O)C(C)(C)C(=O)C(C)C(O)C(C)/C=C/C1. The number of rotatable bonds is 0. The first-order valence-corrected chi connectivity index (χ1v) is 9.39. The summed E-state index contributed by atoms with van der Waals surface area (Å²) in [6.45, 7) is 10.6. The van der Waals surface area contributed by atoms with E-state index in [1.165, 1.54) is 0 Å². The zero-order valence-electron chi connectivity index (χ0n) is 16.9. The molecule has 5 nitrogen and oxygen atoms in total. The van der Waals surface area contributed by atoms with Gasteiger partial charge in [0.2, 0.25) is 0 Å².